The quantitative estimate of drug-likeness (QED) is 0.0726. The number of anilines is 1. The molecule has 14 heteroatoms. The van der Waals surface area contributed by atoms with Gasteiger partial charge in [-0.05, 0) is 53.0 Å². The first-order valence-electron chi connectivity index (χ1n) is 16.7. The van der Waals surface area contributed by atoms with Crippen LogP contribution in [0.5, 0.6) is 5.88 Å². The van der Waals surface area contributed by atoms with Gasteiger partial charge in [-0.2, -0.15) is 14.6 Å². The number of halogens is 1. The Hall–Kier alpha value is -2.89. The van der Waals surface area contributed by atoms with Crippen LogP contribution in [0.15, 0.2) is 47.2 Å². The van der Waals surface area contributed by atoms with Crippen LogP contribution in [0.3, 0.4) is 0 Å². The van der Waals surface area contributed by atoms with Crippen molar-refractivity contribution in [3.8, 4) is 17.0 Å². The number of fused-ring (bicyclic) bond motifs is 2. The number of ether oxygens (including phenoxy) is 4. The van der Waals surface area contributed by atoms with Gasteiger partial charge in [0.05, 0.1) is 11.7 Å². The summed E-state index contributed by atoms with van der Waals surface area (Å²) in [5.74, 6) is 0.767. The molecular weight excluding hydrogens is 708 g/mol. The molecule has 5 rings (SSSR count). The summed E-state index contributed by atoms with van der Waals surface area (Å²) in [4.78, 5) is 26.8. The summed E-state index contributed by atoms with van der Waals surface area (Å²) in [6.07, 6.45) is 4.63. The minimum atomic E-state index is -1.30. The lowest BCUT2D eigenvalue weighted by Gasteiger charge is -2.30. The van der Waals surface area contributed by atoms with Crippen LogP contribution >= 0.6 is 15.9 Å². The molecule has 0 unspecified atom stereocenters. The fraction of sp³-hybridized carbons (Fsp3) is 0.529. The summed E-state index contributed by atoms with van der Waals surface area (Å²) in [5.41, 5.74) is 3.04. The fourth-order valence-corrected chi connectivity index (χ4v) is 7.44. The van der Waals surface area contributed by atoms with E-state index in [9.17, 15) is 4.79 Å². The molecule has 0 N–H and O–H groups in total. The molecule has 4 aromatic rings. The summed E-state index contributed by atoms with van der Waals surface area (Å²) in [7, 11) is -0.844. The van der Waals surface area contributed by atoms with E-state index >= 15 is 0 Å². The molecule has 4 heterocycles. The summed E-state index contributed by atoms with van der Waals surface area (Å²) in [6.45, 7) is 17.0. The Morgan fingerprint density at radius 2 is 1.65 bits per heavy atom. The van der Waals surface area contributed by atoms with Crippen LogP contribution in [0.4, 0.5) is 10.6 Å². The van der Waals surface area contributed by atoms with Gasteiger partial charge in [0.1, 0.15) is 17.9 Å². The van der Waals surface area contributed by atoms with Crippen molar-refractivity contribution in [1.29, 1.82) is 0 Å². The second kappa shape index (κ2) is 15.8. The van der Waals surface area contributed by atoms with E-state index in [0.29, 0.717) is 42.4 Å². The number of para-hydroxylation sites is 1. The van der Waals surface area contributed by atoms with Gasteiger partial charge < -0.3 is 28.7 Å². The third-order valence-corrected chi connectivity index (χ3v) is 12.5. The minimum Gasteiger partial charge on any atom is -0.390 e. The maximum absolute atomic E-state index is 13.5. The van der Waals surface area contributed by atoms with Gasteiger partial charge in [-0.15, -0.1) is 0 Å². The van der Waals surface area contributed by atoms with Crippen LogP contribution in [-0.2, 0) is 14.2 Å². The van der Waals surface area contributed by atoms with E-state index in [-0.39, 0.29) is 25.4 Å². The predicted molar refractivity (Wildman–Crippen MR) is 199 cm³/mol. The topological polar surface area (TPSA) is 104 Å². The Morgan fingerprint density at radius 1 is 1.00 bits per heavy atom. The van der Waals surface area contributed by atoms with Crippen LogP contribution in [0, 0.1) is 0 Å². The van der Waals surface area contributed by atoms with Crippen molar-refractivity contribution in [2.45, 2.75) is 70.3 Å². The molecule has 0 radical (unpaired) electrons. The van der Waals surface area contributed by atoms with Crippen molar-refractivity contribution in [2.75, 3.05) is 51.8 Å². The van der Waals surface area contributed by atoms with Crippen molar-refractivity contribution >= 4 is 60.5 Å². The largest absolute Gasteiger partial charge is 0.416 e. The fourth-order valence-electron chi connectivity index (χ4n) is 5.34. The molecular formula is C34H49BrN6O5Si2. The van der Waals surface area contributed by atoms with Gasteiger partial charge in [-0.25, -0.2) is 4.79 Å². The van der Waals surface area contributed by atoms with Crippen LogP contribution in [0.2, 0.25) is 51.4 Å². The summed E-state index contributed by atoms with van der Waals surface area (Å²) in [5, 5.41) is 5.82. The highest BCUT2D eigenvalue weighted by atomic mass is 79.9. The summed E-state index contributed by atoms with van der Waals surface area (Å²) in [6, 6.07) is 12.1. The Balaban J connectivity index is 1.56. The van der Waals surface area contributed by atoms with Crippen LogP contribution in [0.25, 0.3) is 27.7 Å². The molecule has 3 aromatic heterocycles. The van der Waals surface area contributed by atoms with E-state index in [1.165, 1.54) is 0 Å². The van der Waals surface area contributed by atoms with Gasteiger partial charge in [0.25, 0.3) is 0 Å². The second-order valence-electron chi connectivity index (χ2n) is 14.8. The van der Waals surface area contributed by atoms with Crippen LogP contribution in [-0.4, -0.2) is 99.7 Å². The number of amides is 1. The molecule has 1 fully saturated rings. The third-order valence-electron chi connectivity index (χ3n) is 8.43. The summed E-state index contributed by atoms with van der Waals surface area (Å²) >= 11 is 3.77. The number of hydrogen-bond donors (Lipinski definition) is 0. The smallest absolute Gasteiger partial charge is 0.390 e. The van der Waals surface area contributed by atoms with Crippen molar-refractivity contribution in [3.05, 3.63) is 47.2 Å². The van der Waals surface area contributed by atoms with Crippen molar-refractivity contribution in [1.82, 2.24) is 24.5 Å². The predicted octanol–water partition coefficient (Wildman–Crippen LogP) is 7.75. The van der Waals surface area contributed by atoms with E-state index in [1.54, 1.807) is 22.7 Å². The molecule has 0 aliphatic carbocycles. The van der Waals surface area contributed by atoms with Gasteiger partial charge in [0.15, 0.2) is 11.5 Å². The molecule has 48 heavy (non-hydrogen) atoms. The van der Waals surface area contributed by atoms with Gasteiger partial charge in [-0.3, -0.25) is 4.98 Å². The zero-order chi connectivity index (χ0) is 34.5. The Morgan fingerprint density at radius 3 is 2.29 bits per heavy atom. The lowest BCUT2D eigenvalue weighted by atomic mass is 10.1. The number of carbonyl (C=O) groups excluding carboxylic acids is 1. The molecule has 0 bridgehead atoms. The number of rotatable bonds is 14. The number of aromatic nitrogens is 4. The standard InChI is InChI=1S/C34H49BrN6O5Si2/c1-39(27-12-14-43-15-13-27)34(42)46-32-30(35)33(40(23-44-16-18-47(2,3)4)24-45-17-19-48(5,6)7)41-31(38-32)28(22-37-41)26-20-25-10-8-9-11-29(25)36-21-26/h8-11,20-22,27H,12-19,23-24H2,1-7H3. The highest BCUT2D eigenvalue weighted by Gasteiger charge is 2.29. The molecule has 1 saturated heterocycles. The lowest BCUT2D eigenvalue weighted by Crippen LogP contribution is -2.42. The molecule has 11 nitrogen and oxygen atoms in total. The Labute approximate surface area is 294 Å². The van der Waals surface area contributed by atoms with Crippen LogP contribution < -0.4 is 9.64 Å². The number of benzene rings is 1. The SMILES string of the molecule is CN(C(=O)Oc1nc2c(-c3cnc4ccccc4c3)cnn2c(N(COCC[Si](C)(C)C)COCC[Si](C)(C)C)c1Br)C1CCOCC1. The van der Waals surface area contributed by atoms with E-state index in [4.69, 9.17) is 29.0 Å². The maximum atomic E-state index is 13.5. The summed E-state index contributed by atoms with van der Waals surface area (Å²) < 4.78 is 26.4. The van der Waals surface area contributed by atoms with Crippen molar-refractivity contribution in [2.24, 2.45) is 0 Å². The minimum absolute atomic E-state index is 0.0264. The molecule has 0 spiro atoms. The number of nitrogens with zero attached hydrogens (tertiary/aromatic N) is 6. The zero-order valence-electron chi connectivity index (χ0n) is 29.3. The molecule has 0 atom stereocenters. The highest BCUT2D eigenvalue weighted by molar-refractivity contribution is 9.10. The van der Waals surface area contributed by atoms with E-state index in [0.717, 1.165) is 47.0 Å². The first-order valence-corrected chi connectivity index (χ1v) is 24.9. The average Bonchev–Trinajstić information content (AvgIpc) is 3.46. The van der Waals surface area contributed by atoms with Gasteiger partial charge in [0, 0.05) is 78.4 Å². The number of pyridine rings is 1. The molecule has 1 aliphatic rings. The van der Waals surface area contributed by atoms with E-state index in [2.05, 4.69) is 66.3 Å². The molecule has 0 saturated carbocycles. The molecule has 1 amide bonds. The molecule has 1 aliphatic heterocycles. The third kappa shape index (κ3) is 9.42. The lowest BCUT2D eigenvalue weighted by molar-refractivity contribution is 0.0451. The molecule has 1 aromatic carbocycles. The maximum Gasteiger partial charge on any atom is 0.416 e. The van der Waals surface area contributed by atoms with Gasteiger partial charge in [-0.1, -0.05) is 57.5 Å². The normalized spacial score (nSPS) is 14.5. The highest BCUT2D eigenvalue weighted by Crippen LogP contribution is 2.38. The van der Waals surface area contributed by atoms with Gasteiger partial charge >= 0.3 is 6.09 Å². The van der Waals surface area contributed by atoms with Crippen molar-refractivity contribution < 1.29 is 23.7 Å². The van der Waals surface area contributed by atoms with E-state index < -0.39 is 22.2 Å². The monoisotopic (exact) mass is 756 g/mol. The zero-order valence-corrected chi connectivity index (χ0v) is 32.9. The van der Waals surface area contributed by atoms with E-state index in [1.807, 2.05) is 35.4 Å². The number of hydrogen-bond acceptors (Lipinski definition) is 9. The Bertz CT molecular complexity index is 1680. The Kier molecular flexibility index (Phi) is 12.0. The first kappa shape index (κ1) is 36.4. The number of carbonyl (C=O) groups is 1. The average molecular weight is 758 g/mol. The second-order valence-corrected chi connectivity index (χ2v) is 26.9. The first-order chi connectivity index (χ1) is 22.8. The molecule has 260 valence electrons. The van der Waals surface area contributed by atoms with Gasteiger partial charge in [0.2, 0.25) is 5.88 Å². The van der Waals surface area contributed by atoms with Crippen LogP contribution in [0.1, 0.15) is 12.8 Å². The van der Waals surface area contributed by atoms with Crippen molar-refractivity contribution in [3.63, 3.8) is 0 Å².